The summed E-state index contributed by atoms with van der Waals surface area (Å²) >= 11 is 0. The van der Waals surface area contributed by atoms with Crippen molar-refractivity contribution in [3.05, 3.63) is 54.0 Å². The largest absolute Gasteiger partial charge is 0.374 e. The van der Waals surface area contributed by atoms with Gasteiger partial charge in [0.2, 0.25) is 0 Å². The molecule has 1 atom stereocenters. The topological polar surface area (TPSA) is 63.2 Å². The lowest BCUT2D eigenvalue weighted by Crippen LogP contribution is -2.37. The van der Waals surface area contributed by atoms with E-state index in [-0.39, 0.29) is 12.0 Å². The Kier molecular flexibility index (Phi) is 3.78. The van der Waals surface area contributed by atoms with E-state index >= 15 is 0 Å². The molecule has 1 N–H and O–H groups in total. The van der Waals surface area contributed by atoms with Crippen LogP contribution in [0.25, 0.3) is 10.9 Å². The molecule has 0 unspecified atom stereocenters. The van der Waals surface area contributed by atoms with Crippen LogP contribution in [0.15, 0.2) is 42.6 Å². The lowest BCUT2D eigenvalue weighted by atomic mass is 10.2. The number of hydrogen-bond donors (Lipinski definition) is 1. The SMILES string of the molecule is O=C(c1cc2ccccc2[nH]1)N1Cc2ccnn2C[C@H](OCC2CC2)C1. The summed E-state index contributed by atoms with van der Waals surface area (Å²) in [6.45, 7) is 2.63. The number of nitrogens with one attached hydrogen (secondary N) is 1. The van der Waals surface area contributed by atoms with E-state index in [1.807, 2.05) is 46.0 Å². The highest BCUT2D eigenvalue weighted by Gasteiger charge is 2.29. The molecule has 0 spiro atoms. The first-order valence-corrected chi connectivity index (χ1v) is 9.25. The molecule has 26 heavy (non-hydrogen) atoms. The van der Waals surface area contributed by atoms with Gasteiger partial charge in [0.15, 0.2) is 0 Å². The average Bonchev–Trinajstić information content (AvgIpc) is 3.28. The highest BCUT2D eigenvalue weighted by molar-refractivity contribution is 5.98. The van der Waals surface area contributed by atoms with Crippen LogP contribution >= 0.6 is 0 Å². The van der Waals surface area contributed by atoms with E-state index in [1.165, 1.54) is 12.8 Å². The van der Waals surface area contributed by atoms with Gasteiger partial charge in [0.05, 0.1) is 24.9 Å². The van der Waals surface area contributed by atoms with Crippen LogP contribution < -0.4 is 0 Å². The summed E-state index contributed by atoms with van der Waals surface area (Å²) in [5.74, 6) is 0.712. The van der Waals surface area contributed by atoms with Gasteiger partial charge in [0.1, 0.15) is 5.69 Å². The van der Waals surface area contributed by atoms with Crippen LogP contribution in [0, 0.1) is 5.92 Å². The fourth-order valence-corrected chi connectivity index (χ4v) is 3.59. The van der Waals surface area contributed by atoms with Crippen molar-refractivity contribution in [3.8, 4) is 0 Å². The third-order valence-corrected chi connectivity index (χ3v) is 5.27. The molecule has 2 aromatic heterocycles. The molecule has 1 saturated carbocycles. The number of nitrogens with zero attached hydrogens (tertiary/aromatic N) is 3. The molecule has 0 saturated heterocycles. The number of aromatic amines is 1. The van der Waals surface area contributed by atoms with Crippen molar-refractivity contribution in [3.63, 3.8) is 0 Å². The van der Waals surface area contributed by atoms with Crippen molar-refractivity contribution in [1.82, 2.24) is 19.7 Å². The third kappa shape index (κ3) is 3.01. The molecule has 2 aliphatic rings. The first-order chi connectivity index (χ1) is 12.8. The summed E-state index contributed by atoms with van der Waals surface area (Å²) in [5, 5.41) is 5.45. The minimum atomic E-state index is -0.0231. The molecular weight excluding hydrogens is 328 g/mol. The number of benzene rings is 1. The van der Waals surface area contributed by atoms with Crippen LogP contribution in [0.2, 0.25) is 0 Å². The van der Waals surface area contributed by atoms with Gasteiger partial charge in [-0.1, -0.05) is 18.2 Å². The Hall–Kier alpha value is -2.60. The Balaban J connectivity index is 1.40. The van der Waals surface area contributed by atoms with E-state index < -0.39 is 0 Å². The van der Waals surface area contributed by atoms with Crippen LogP contribution in [0.5, 0.6) is 0 Å². The van der Waals surface area contributed by atoms with Crippen LogP contribution in [0.4, 0.5) is 0 Å². The highest BCUT2D eigenvalue weighted by atomic mass is 16.5. The molecule has 6 heteroatoms. The van der Waals surface area contributed by atoms with E-state index in [2.05, 4.69) is 10.1 Å². The zero-order valence-electron chi connectivity index (χ0n) is 14.6. The molecular formula is C20H22N4O2. The molecule has 1 aliphatic carbocycles. The van der Waals surface area contributed by atoms with Gasteiger partial charge in [-0.05, 0) is 37.0 Å². The Morgan fingerprint density at radius 1 is 1.23 bits per heavy atom. The van der Waals surface area contributed by atoms with Crippen molar-refractivity contribution in [2.24, 2.45) is 5.92 Å². The van der Waals surface area contributed by atoms with Gasteiger partial charge >= 0.3 is 0 Å². The maximum atomic E-state index is 13.2. The quantitative estimate of drug-likeness (QED) is 0.787. The summed E-state index contributed by atoms with van der Waals surface area (Å²) in [6.07, 6.45) is 4.30. The van der Waals surface area contributed by atoms with Gasteiger partial charge in [-0.3, -0.25) is 9.48 Å². The van der Waals surface area contributed by atoms with Crippen molar-refractivity contribution in [1.29, 1.82) is 0 Å². The van der Waals surface area contributed by atoms with Gasteiger partial charge in [-0.2, -0.15) is 5.10 Å². The maximum absolute atomic E-state index is 13.2. The predicted molar refractivity (Wildman–Crippen MR) is 97.7 cm³/mol. The smallest absolute Gasteiger partial charge is 0.270 e. The molecule has 3 heterocycles. The number of rotatable bonds is 4. The van der Waals surface area contributed by atoms with Gasteiger partial charge in [-0.25, -0.2) is 0 Å². The first-order valence-electron chi connectivity index (χ1n) is 9.25. The molecule has 134 valence electrons. The van der Waals surface area contributed by atoms with Crippen molar-refractivity contribution in [2.75, 3.05) is 13.2 Å². The summed E-state index contributed by atoms with van der Waals surface area (Å²) in [7, 11) is 0. The summed E-state index contributed by atoms with van der Waals surface area (Å²) in [4.78, 5) is 18.3. The Morgan fingerprint density at radius 2 is 2.12 bits per heavy atom. The fraction of sp³-hybridized carbons (Fsp3) is 0.400. The number of amides is 1. The molecule has 1 fully saturated rings. The second-order valence-corrected chi connectivity index (χ2v) is 7.36. The molecule has 5 rings (SSSR count). The lowest BCUT2D eigenvalue weighted by Gasteiger charge is -2.24. The number of aromatic nitrogens is 3. The second-order valence-electron chi connectivity index (χ2n) is 7.36. The Morgan fingerprint density at radius 3 is 2.96 bits per heavy atom. The van der Waals surface area contributed by atoms with E-state index in [4.69, 9.17) is 4.74 Å². The van der Waals surface area contributed by atoms with E-state index in [1.54, 1.807) is 6.20 Å². The lowest BCUT2D eigenvalue weighted by molar-refractivity contribution is 0.0135. The summed E-state index contributed by atoms with van der Waals surface area (Å²) in [5.41, 5.74) is 2.66. The summed E-state index contributed by atoms with van der Waals surface area (Å²) in [6, 6.07) is 11.9. The fourth-order valence-electron chi connectivity index (χ4n) is 3.59. The van der Waals surface area contributed by atoms with Gasteiger partial charge in [-0.15, -0.1) is 0 Å². The second kappa shape index (κ2) is 6.29. The molecule has 6 nitrogen and oxygen atoms in total. The van der Waals surface area contributed by atoms with E-state index in [0.29, 0.717) is 31.2 Å². The monoisotopic (exact) mass is 350 g/mol. The van der Waals surface area contributed by atoms with Crippen LogP contribution in [0.1, 0.15) is 29.0 Å². The van der Waals surface area contributed by atoms with Crippen LogP contribution in [0.3, 0.4) is 0 Å². The predicted octanol–water partition coefficient (Wildman–Crippen LogP) is 2.82. The number of ether oxygens (including phenoxy) is 1. The first kappa shape index (κ1) is 15.6. The standard InChI is InChI=1S/C20H22N4O2/c25-20(19-9-15-3-1-2-4-18(15)22-19)23-10-16-7-8-21-24(16)12-17(11-23)26-13-14-5-6-14/h1-4,7-9,14,17,22H,5-6,10-13H2/t17-/m1/s1. The Bertz CT molecular complexity index is 907. The van der Waals surface area contributed by atoms with Crippen molar-refractivity contribution in [2.45, 2.75) is 32.0 Å². The van der Waals surface area contributed by atoms with Crippen molar-refractivity contribution < 1.29 is 9.53 Å². The maximum Gasteiger partial charge on any atom is 0.270 e. The molecule has 1 amide bonds. The van der Waals surface area contributed by atoms with Crippen LogP contribution in [-0.2, 0) is 17.8 Å². The number of hydrogen-bond acceptors (Lipinski definition) is 3. The number of fused-ring (bicyclic) bond motifs is 2. The van der Waals surface area contributed by atoms with Gasteiger partial charge < -0.3 is 14.6 Å². The normalized spacial score (nSPS) is 20.2. The molecule has 0 bridgehead atoms. The third-order valence-electron chi connectivity index (χ3n) is 5.27. The van der Waals surface area contributed by atoms with Crippen LogP contribution in [-0.4, -0.2) is 44.8 Å². The number of H-pyrrole nitrogens is 1. The van der Waals surface area contributed by atoms with Gasteiger partial charge in [0, 0.05) is 30.3 Å². The van der Waals surface area contributed by atoms with E-state index in [0.717, 1.165) is 23.2 Å². The average molecular weight is 350 g/mol. The van der Waals surface area contributed by atoms with Gasteiger partial charge in [0.25, 0.3) is 5.91 Å². The minimum absolute atomic E-state index is 0.0101. The van der Waals surface area contributed by atoms with Crippen molar-refractivity contribution >= 4 is 16.8 Å². The number of carbonyl (C=O) groups excluding carboxylic acids is 1. The number of carbonyl (C=O) groups is 1. The molecule has 0 radical (unpaired) electrons. The Labute approximate surface area is 151 Å². The van der Waals surface area contributed by atoms with E-state index in [9.17, 15) is 4.79 Å². The summed E-state index contributed by atoms with van der Waals surface area (Å²) < 4.78 is 8.09. The zero-order valence-corrected chi connectivity index (χ0v) is 14.6. The minimum Gasteiger partial charge on any atom is -0.374 e. The molecule has 1 aliphatic heterocycles. The number of para-hydroxylation sites is 1. The molecule has 1 aromatic carbocycles. The molecule has 3 aromatic rings. The highest BCUT2D eigenvalue weighted by Crippen LogP contribution is 2.29. The zero-order chi connectivity index (χ0) is 17.5.